The van der Waals surface area contributed by atoms with Crippen molar-refractivity contribution < 1.29 is 0 Å². The van der Waals surface area contributed by atoms with E-state index in [0.717, 1.165) is 35.7 Å². The second-order valence-corrected chi connectivity index (χ2v) is 10.5. The number of hydrogen-bond acceptors (Lipinski definition) is 5. The molecule has 3 aromatic rings. The van der Waals surface area contributed by atoms with Crippen LogP contribution in [-0.4, -0.2) is 28.2 Å². The zero-order valence-corrected chi connectivity index (χ0v) is 22.1. The molecule has 182 valence electrons. The van der Waals surface area contributed by atoms with Gasteiger partial charge in [0.2, 0.25) is 0 Å². The van der Waals surface area contributed by atoms with Crippen molar-refractivity contribution >= 4 is 17.2 Å². The number of aromatic nitrogens is 3. The molecule has 5 heteroatoms. The zero-order valence-electron chi connectivity index (χ0n) is 22.1. The standard InChI is InChI=1S/C30H37N5/c1-8-30(9-2)15-14-26-34(7)29-25(35(26)24-13-11-10-12-23(24)30)18-32-28(33-29)27-21(19(3)4)16-31-17-22(27)20(5)6/h10-20,26H,8-9H2,1-7H3. The van der Waals surface area contributed by atoms with Gasteiger partial charge in [0.1, 0.15) is 11.9 Å². The molecule has 0 spiro atoms. The zero-order chi connectivity index (χ0) is 24.9. The van der Waals surface area contributed by atoms with Crippen molar-refractivity contribution in [2.24, 2.45) is 0 Å². The normalized spacial score (nSPS) is 18.0. The highest BCUT2D eigenvalue weighted by Crippen LogP contribution is 2.50. The van der Waals surface area contributed by atoms with Crippen molar-refractivity contribution in [3.05, 3.63) is 71.7 Å². The summed E-state index contributed by atoms with van der Waals surface area (Å²) in [5, 5.41) is 0. The van der Waals surface area contributed by atoms with E-state index in [4.69, 9.17) is 9.97 Å². The largest absolute Gasteiger partial charge is 0.334 e. The molecule has 0 radical (unpaired) electrons. The molecule has 5 rings (SSSR count). The van der Waals surface area contributed by atoms with Crippen LogP contribution in [0.3, 0.4) is 0 Å². The Labute approximate surface area is 209 Å². The minimum atomic E-state index is 0.0398. The molecule has 0 saturated carbocycles. The van der Waals surface area contributed by atoms with Crippen LogP contribution in [-0.2, 0) is 5.41 Å². The van der Waals surface area contributed by atoms with E-state index in [-0.39, 0.29) is 11.6 Å². The van der Waals surface area contributed by atoms with E-state index in [1.807, 2.05) is 18.6 Å². The maximum Gasteiger partial charge on any atom is 0.162 e. The van der Waals surface area contributed by atoms with E-state index in [1.54, 1.807) is 0 Å². The highest BCUT2D eigenvalue weighted by Gasteiger charge is 2.41. The molecule has 35 heavy (non-hydrogen) atoms. The highest BCUT2D eigenvalue weighted by molar-refractivity contribution is 5.85. The van der Waals surface area contributed by atoms with E-state index in [0.29, 0.717) is 11.8 Å². The Morgan fingerprint density at radius 2 is 1.57 bits per heavy atom. The summed E-state index contributed by atoms with van der Waals surface area (Å²) in [6.07, 6.45) is 13.0. The van der Waals surface area contributed by atoms with Gasteiger partial charge in [-0.05, 0) is 53.5 Å². The third-order valence-electron chi connectivity index (χ3n) is 8.03. The van der Waals surface area contributed by atoms with Crippen molar-refractivity contribution in [1.82, 2.24) is 15.0 Å². The van der Waals surface area contributed by atoms with Gasteiger partial charge >= 0.3 is 0 Å². The minimum Gasteiger partial charge on any atom is -0.334 e. The van der Waals surface area contributed by atoms with E-state index in [2.05, 4.69) is 99.8 Å². The fourth-order valence-corrected chi connectivity index (χ4v) is 5.80. The summed E-state index contributed by atoms with van der Waals surface area (Å²) < 4.78 is 0. The van der Waals surface area contributed by atoms with Crippen molar-refractivity contribution in [3.63, 3.8) is 0 Å². The predicted molar refractivity (Wildman–Crippen MR) is 146 cm³/mol. The van der Waals surface area contributed by atoms with Crippen LogP contribution in [0.25, 0.3) is 11.4 Å². The fourth-order valence-electron chi connectivity index (χ4n) is 5.80. The van der Waals surface area contributed by atoms with Crippen molar-refractivity contribution in [1.29, 1.82) is 0 Å². The Kier molecular flexibility index (Phi) is 5.90. The average molecular weight is 468 g/mol. The lowest BCUT2D eigenvalue weighted by Crippen LogP contribution is -2.36. The van der Waals surface area contributed by atoms with Gasteiger partial charge in [-0.2, -0.15) is 0 Å². The van der Waals surface area contributed by atoms with Crippen molar-refractivity contribution in [2.75, 3.05) is 16.8 Å². The molecular formula is C30H37N5. The van der Waals surface area contributed by atoms with E-state index < -0.39 is 0 Å². The molecule has 0 bridgehead atoms. The second-order valence-electron chi connectivity index (χ2n) is 10.5. The first kappa shape index (κ1) is 23.5. The SMILES string of the molecule is CCC1(CC)C=CC2N(C)c3nc(-c4c(C(C)C)cncc4C(C)C)ncc3N2c2ccccc21. The van der Waals surface area contributed by atoms with Gasteiger partial charge in [-0.1, -0.05) is 65.8 Å². The van der Waals surface area contributed by atoms with Crippen LogP contribution in [0, 0.1) is 0 Å². The minimum absolute atomic E-state index is 0.0398. The maximum absolute atomic E-state index is 5.21. The number of anilines is 3. The lowest BCUT2D eigenvalue weighted by Gasteiger charge is -2.32. The summed E-state index contributed by atoms with van der Waals surface area (Å²) in [6, 6.07) is 8.86. The van der Waals surface area contributed by atoms with Gasteiger partial charge < -0.3 is 9.80 Å². The average Bonchev–Trinajstić information content (AvgIpc) is 3.05. The van der Waals surface area contributed by atoms with Crippen LogP contribution < -0.4 is 9.80 Å². The van der Waals surface area contributed by atoms with Gasteiger partial charge in [-0.15, -0.1) is 0 Å². The lowest BCUT2D eigenvalue weighted by atomic mass is 9.75. The topological polar surface area (TPSA) is 45.2 Å². The van der Waals surface area contributed by atoms with Gasteiger partial charge in [0.25, 0.3) is 0 Å². The highest BCUT2D eigenvalue weighted by atomic mass is 15.4. The predicted octanol–water partition coefficient (Wildman–Crippen LogP) is 7.33. The number of nitrogens with zero attached hydrogens (tertiary/aromatic N) is 5. The summed E-state index contributed by atoms with van der Waals surface area (Å²) in [7, 11) is 2.15. The van der Waals surface area contributed by atoms with Crippen LogP contribution in [0.4, 0.5) is 17.2 Å². The van der Waals surface area contributed by atoms with Gasteiger partial charge in [-0.3, -0.25) is 4.98 Å². The molecule has 2 aliphatic heterocycles. The summed E-state index contributed by atoms with van der Waals surface area (Å²) in [5.74, 6) is 2.44. The molecular weight excluding hydrogens is 430 g/mol. The molecule has 0 N–H and O–H groups in total. The number of pyridine rings is 1. The van der Waals surface area contributed by atoms with Gasteiger partial charge in [0.15, 0.2) is 11.6 Å². The Bertz CT molecular complexity index is 1250. The van der Waals surface area contributed by atoms with E-state index in [1.165, 1.54) is 22.4 Å². The monoisotopic (exact) mass is 467 g/mol. The number of hydrogen-bond donors (Lipinski definition) is 0. The number of likely N-dealkylation sites (N-methyl/N-ethyl adjacent to an activating group) is 1. The van der Waals surface area contributed by atoms with Crippen LogP contribution in [0.5, 0.6) is 0 Å². The number of allylic oxidation sites excluding steroid dienone is 1. The van der Waals surface area contributed by atoms with E-state index >= 15 is 0 Å². The second kappa shape index (κ2) is 8.78. The summed E-state index contributed by atoms with van der Waals surface area (Å²) in [4.78, 5) is 19.4. The van der Waals surface area contributed by atoms with Crippen LogP contribution in [0.1, 0.15) is 82.9 Å². The number of rotatable bonds is 5. The molecule has 0 fully saturated rings. The van der Waals surface area contributed by atoms with Crippen molar-refractivity contribution in [3.8, 4) is 11.4 Å². The Balaban J connectivity index is 1.70. The molecule has 5 nitrogen and oxygen atoms in total. The van der Waals surface area contributed by atoms with Crippen molar-refractivity contribution in [2.45, 2.75) is 77.8 Å². The van der Waals surface area contributed by atoms with Crippen LogP contribution in [0.2, 0.25) is 0 Å². The first-order valence-electron chi connectivity index (χ1n) is 13.0. The Morgan fingerprint density at radius 3 is 2.20 bits per heavy atom. The summed E-state index contributed by atoms with van der Waals surface area (Å²) in [5.41, 5.74) is 7.27. The molecule has 0 saturated heterocycles. The molecule has 1 atom stereocenters. The number of benzene rings is 1. The Morgan fingerprint density at radius 1 is 0.914 bits per heavy atom. The Hall–Kier alpha value is -3.21. The molecule has 4 heterocycles. The lowest BCUT2D eigenvalue weighted by molar-refractivity contribution is 0.499. The van der Waals surface area contributed by atoms with E-state index in [9.17, 15) is 0 Å². The maximum atomic E-state index is 5.21. The number of fused-ring (bicyclic) bond motifs is 5. The van der Waals surface area contributed by atoms with Crippen LogP contribution >= 0.6 is 0 Å². The first-order chi connectivity index (χ1) is 16.8. The molecule has 1 unspecified atom stereocenters. The molecule has 1 aromatic carbocycles. The first-order valence-corrected chi connectivity index (χ1v) is 13.0. The quantitative estimate of drug-likeness (QED) is 0.368. The summed E-state index contributed by atoms with van der Waals surface area (Å²) in [6.45, 7) is 13.4. The molecule has 0 amide bonds. The molecule has 2 aliphatic rings. The smallest absolute Gasteiger partial charge is 0.162 e. The fraction of sp³-hybridized carbons (Fsp3) is 0.433. The molecule has 0 aliphatic carbocycles. The third-order valence-corrected chi connectivity index (χ3v) is 8.03. The van der Waals surface area contributed by atoms with Gasteiger partial charge in [0.05, 0.1) is 6.20 Å². The van der Waals surface area contributed by atoms with Gasteiger partial charge in [-0.25, -0.2) is 9.97 Å². The summed E-state index contributed by atoms with van der Waals surface area (Å²) >= 11 is 0. The van der Waals surface area contributed by atoms with Gasteiger partial charge in [0, 0.05) is 36.1 Å². The molecule has 2 aromatic heterocycles. The third kappa shape index (κ3) is 3.55. The van der Waals surface area contributed by atoms with Crippen LogP contribution in [0.15, 0.2) is 55.0 Å². The number of para-hydroxylation sites is 1.